The zero-order valence-corrected chi connectivity index (χ0v) is 8.01. The summed E-state index contributed by atoms with van der Waals surface area (Å²) < 4.78 is 12.9. The molecule has 0 saturated carbocycles. The summed E-state index contributed by atoms with van der Waals surface area (Å²) in [5.74, 6) is -0.474. The molecule has 0 unspecified atom stereocenters. The molecule has 1 N–H and O–H groups in total. The number of allylic oxidation sites excluding steroid dienone is 1. The van der Waals surface area contributed by atoms with E-state index in [2.05, 4.69) is 11.9 Å². The van der Waals surface area contributed by atoms with Crippen LogP contribution in [0.1, 0.15) is 12.5 Å². The van der Waals surface area contributed by atoms with Crippen molar-refractivity contribution < 1.29 is 9.18 Å². The van der Waals surface area contributed by atoms with Crippen molar-refractivity contribution in [3.63, 3.8) is 0 Å². The SMILES string of the molecule is C=CCc1cc(F)ccc1NC(C)=O. The molecule has 3 heteroatoms. The fourth-order valence-corrected chi connectivity index (χ4v) is 1.20. The lowest BCUT2D eigenvalue weighted by Gasteiger charge is -2.07. The van der Waals surface area contributed by atoms with E-state index < -0.39 is 0 Å². The predicted octanol–water partition coefficient (Wildman–Crippen LogP) is 2.51. The summed E-state index contributed by atoms with van der Waals surface area (Å²) in [6.45, 7) is 4.99. The number of benzene rings is 1. The maximum absolute atomic E-state index is 12.9. The molecule has 0 fully saturated rings. The summed E-state index contributed by atoms with van der Waals surface area (Å²) in [7, 11) is 0. The minimum absolute atomic E-state index is 0.165. The molecular weight excluding hydrogens is 181 g/mol. The van der Waals surface area contributed by atoms with Gasteiger partial charge in [-0.05, 0) is 30.2 Å². The minimum atomic E-state index is -0.309. The van der Waals surface area contributed by atoms with Gasteiger partial charge in [0, 0.05) is 12.6 Å². The molecule has 1 aromatic rings. The fourth-order valence-electron chi connectivity index (χ4n) is 1.20. The minimum Gasteiger partial charge on any atom is -0.326 e. The summed E-state index contributed by atoms with van der Waals surface area (Å²) >= 11 is 0. The molecule has 0 radical (unpaired) electrons. The number of rotatable bonds is 3. The van der Waals surface area contributed by atoms with Gasteiger partial charge in [0.05, 0.1) is 0 Å². The summed E-state index contributed by atoms with van der Waals surface area (Å²) in [5.41, 5.74) is 1.37. The van der Waals surface area contributed by atoms with Crippen molar-refractivity contribution in [2.75, 3.05) is 5.32 Å². The molecule has 0 aromatic heterocycles. The molecule has 0 aliphatic rings. The molecule has 1 rings (SSSR count). The van der Waals surface area contributed by atoms with E-state index >= 15 is 0 Å². The molecule has 0 heterocycles. The third kappa shape index (κ3) is 2.69. The van der Waals surface area contributed by atoms with Crippen molar-refractivity contribution in [1.29, 1.82) is 0 Å². The Labute approximate surface area is 82.4 Å². The zero-order valence-electron chi connectivity index (χ0n) is 8.01. The average Bonchev–Trinajstić information content (AvgIpc) is 2.09. The van der Waals surface area contributed by atoms with E-state index in [1.165, 1.54) is 19.1 Å². The van der Waals surface area contributed by atoms with Gasteiger partial charge < -0.3 is 5.32 Å². The van der Waals surface area contributed by atoms with Gasteiger partial charge in [-0.15, -0.1) is 6.58 Å². The Hall–Kier alpha value is -1.64. The van der Waals surface area contributed by atoms with Crippen LogP contribution in [0.2, 0.25) is 0 Å². The van der Waals surface area contributed by atoms with E-state index in [1.807, 2.05) is 0 Å². The number of carbonyl (C=O) groups excluding carboxylic acids is 1. The molecule has 0 aliphatic carbocycles. The van der Waals surface area contributed by atoms with Gasteiger partial charge in [-0.3, -0.25) is 4.79 Å². The van der Waals surface area contributed by atoms with Crippen LogP contribution in [0.15, 0.2) is 30.9 Å². The van der Waals surface area contributed by atoms with Gasteiger partial charge in [0.1, 0.15) is 5.82 Å². The Morgan fingerprint density at radius 2 is 2.36 bits per heavy atom. The summed E-state index contributed by atoms with van der Waals surface area (Å²) in [4.78, 5) is 10.8. The zero-order chi connectivity index (χ0) is 10.6. The van der Waals surface area contributed by atoms with Gasteiger partial charge in [-0.1, -0.05) is 6.08 Å². The van der Waals surface area contributed by atoms with Crippen molar-refractivity contribution in [3.05, 3.63) is 42.2 Å². The number of hydrogen-bond acceptors (Lipinski definition) is 1. The Kier molecular flexibility index (Phi) is 3.40. The summed E-state index contributed by atoms with van der Waals surface area (Å²) in [5, 5.41) is 2.63. The van der Waals surface area contributed by atoms with Gasteiger partial charge >= 0.3 is 0 Å². The van der Waals surface area contributed by atoms with Gasteiger partial charge in [-0.25, -0.2) is 4.39 Å². The smallest absolute Gasteiger partial charge is 0.221 e. The number of carbonyl (C=O) groups is 1. The van der Waals surface area contributed by atoms with Crippen molar-refractivity contribution >= 4 is 11.6 Å². The van der Waals surface area contributed by atoms with E-state index in [0.29, 0.717) is 12.1 Å². The Morgan fingerprint density at radius 3 is 2.93 bits per heavy atom. The van der Waals surface area contributed by atoms with Crippen molar-refractivity contribution in [2.45, 2.75) is 13.3 Å². The standard InChI is InChI=1S/C11H12FNO/c1-3-4-9-7-10(12)5-6-11(9)13-8(2)14/h3,5-7H,1,4H2,2H3,(H,13,14). The topological polar surface area (TPSA) is 29.1 Å². The Morgan fingerprint density at radius 1 is 1.64 bits per heavy atom. The molecule has 0 atom stereocenters. The van der Waals surface area contributed by atoms with Crippen LogP contribution < -0.4 is 5.32 Å². The molecule has 2 nitrogen and oxygen atoms in total. The monoisotopic (exact) mass is 193 g/mol. The first-order chi connectivity index (χ1) is 6.63. The second kappa shape index (κ2) is 4.56. The van der Waals surface area contributed by atoms with Crippen LogP contribution >= 0.6 is 0 Å². The third-order valence-electron chi connectivity index (χ3n) is 1.74. The maximum atomic E-state index is 12.9. The maximum Gasteiger partial charge on any atom is 0.221 e. The van der Waals surface area contributed by atoms with Gasteiger partial charge in [-0.2, -0.15) is 0 Å². The largest absolute Gasteiger partial charge is 0.326 e. The van der Waals surface area contributed by atoms with E-state index in [0.717, 1.165) is 5.56 Å². The lowest BCUT2D eigenvalue weighted by Crippen LogP contribution is -2.08. The lowest BCUT2D eigenvalue weighted by molar-refractivity contribution is -0.114. The molecule has 0 spiro atoms. The second-order valence-electron chi connectivity index (χ2n) is 2.98. The van der Waals surface area contributed by atoms with Crippen LogP contribution in [0.3, 0.4) is 0 Å². The highest BCUT2D eigenvalue weighted by Crippen LogP contribution is 2.17. The fraction of sp³-hybridized carbons (Fsp3) is 0.182. The van der Waals surface area contributed by atoms with Crippen LogP contribution in [0.5, 0.6) is 0 Å². The number of halogens is 1. The molecule has 0 aliphatic heterocycles. The van der Waals surface area contributed by atoms with Gasteiger partial charge in [0.25, 0.3) is 0 Å². The van der Waals surface area contributed by atoms with Crippen molar-refractivity contribution in [3.8, 4) is 0 Å². The average molecular weight is 193 g/mol. The van der Waals surface area contributed by atoms with Crippen molar-refractivity contribution in [2.24, 2.45) is 0 Å². The van der Waals surface area contributed by atoms with Gasteiger partial charge in [0.2, 0.25) is 5.91 Å². The van der Waals surface area contributed by atoms with E-state index in [4.69, 9.17) is 0 Å². The van der Waals surface area contributed by atoms with E-state index in [-0.39, 0.29) is 11.7 Å². The molecular formula is C11H12FNO. The Balaban J connectivity index is 3.01. The highest BCUT2D eigenvalue weighted by molar-refractivity contribution is 5.89. The van der Waals surface area contributed by atoms with E-state index in [9.17, 15) is 9.18 Å². The van der Waals surface area contributed by atoms with Crippen molar-refractivity contribution in [1.82, 2.24) is 0 Å². The first-order valence-corrected chi connectivity index (χ1v) is 4.30. The van der Waals surface area contributed by atoms with Crippen LogP contribution in [0.4, 0.5) is 10.1 Å². The molecule has 0 bridgehead atoms. The highest BCUT2D eigenvalue weighted by atomic mass is 19.1. The van der Waals surface area contributed by atoms with Gasteiger partial charge in [0.15, 0.2) is 0 Å². The first-order valence-electron chi connectivity index (χ1n) is 4.30. The summed E-state index contributed by atoms with van der Waals surface area (Å²) in [6.07, 6.45) is 2.20. The van der Waals surface area contributed by atoms with Crippen LogP contribution in [-0.2, 0) is 11.2 Å². The molecule has 1 amide bonds. The third-order valence-corrected chi connectivity index (χ3v) is 1.74. The highest BCUT2D eigenvalue weighted by Gasteiger charge is 2.03. The number of hydrogen-bond donors (Lipinski definition) is 1. The molecule has 14 heavy (non-hydrogen) atoms. The molecule has 74 valence electrons. The lowest BCUT2D eigenvalue weighted by atomic mass is 10.1. The number of anilines is 1. The summed E-state index contributed by atoms with van der Waals surface area (Å²) in [6, 6.07) is 4.26. The second-order valence-corrected chi connectivity index (χ2v) is 2.98. The van der Waals surface area contributed by atoms with Crippen LogP contribution in [-0.4, -0.2) is 5.91 Å². The number of nitrogens with one attached hydrogen (secondary N) is 1. The normalized spacial score (nSPS) is 9.57. The Bertz CT molecular complexity index is 360. The molecule has 0 saturated heterocycles. The first kappa shape index (κ1) is 10.4. The predicted molar refractivity (Wildman–Crippen MR) is 54.6 cm³/mol. The van der Waals surface area contributed by atoms with E-state index in [1.54, 1.807) is 12.1 Å². The number of amides is 1. The van der Waals surface area contributed by atoms with Crippen LogP contribution in [0, 0.1) is 5.82 Å². The van der Waals surface area contributed by atoms with Crippen LogP contribution in [0.25, 0.3) is 0 Å². The molecule has 1 aromatic carbocycles. The quantitative estimate of drug-likeness (QED) is 0.734.